The van der Waals surface area contributed by atoms with Crippen LogP contribution in [-0.4, -0.2) is 26.3 Å². The molecule has 0 bridgehead atoms. The van der Waals surface area contributed by atoms with E-state index in [1.807, 2.05) is 18.2 Å². The molecule has 0 spiro atoms. The van der Waals surface area contributed by atoms with Gasteiger partial charge in [0.05, 0.1) is 25.1 Å². The number of carbonyl (C=O) groups excluding carboxylic acids is 1. The number of nitrogens with two attached hydrogens (primary N) is 2. The second-order valence-electron chi connectivity index (χ2n) is 7.31. The van der Waals surface area contributed by atoms with Crippen LogP contribution in [-0.2, 0) is 16.0 Å². The second-order valence-corrected chi connectivity index (χ2v) is 8.06. The molecule has 0 aromatic heterocycles. The number of carbonyl (C=O) groups is 1. The van der Waals surface area contributed by atoms with Gasteiger partial charge in [0.1, 0.15) is 28.5 Å². The quantitative estimate of drug-likeness (QED) is 0.200. The summed E-state index contributed by atoms with van der Waals surface area (Å²) in [5.74, 6) is 6.27. The molecule has 0 atom stereocenters. The van der Waals surface area contributed by atoms with Crippen molar-refractivity contribution >= 4 is 27.6 Å². The molecule has 0 radical (unpaired) electrons. The predicted molar refractivity (Wildman–Crippen MR) is 131 cm³/mol. The van der Waals surface area contributed by atoms with Crippen LogP contribution in [0.1, 0.15) is 38.2 Å². The summed E-state index contributed by atoms with van der Waals surface area (Å²) in [6.07, 6.45) is 5.33. The largest absolute Gasteiger partial charge is 0.497 e. The fourth-order valence-electron chi connectivity index (χ4n) is 2.56. The molecule has 9 heteroatoms. The highest BCUT2D eigenvalue weighted by molar-refractivity contribution is 9.11. The van der Waals surface area contributed by atoms with E-state index < -0.39 is 5.82 Å². The first-order chi connectivity index (χ1) is 15.8. The van der Waals surface area contributed by atoms with Crippen LogP contribution in [0.15, 0.2) is 52.8 Å². The second kappa shape index (κ2) is 13.7. The minimum atomic E-state index is -0.529. The number of benzene rings is 2. The molecule has 180 valence electrons. The predicted octanol–water partition coefficient (Wildman–Crippen LogP) is 4.78. The number of aryl methyl sites for hydroxylation is 1. The third kappa shape index (κ3) is 9.31. The maximum absolute atomic E-state index is 14.1. The van der Waals surface area contributed by atoms with Crippen molar-refractivity contribution in [2.75, 3.05) is 25.3 Å². The zero-order chi connectivity index (χ0) is 24.2. The highest BCUT2D eigenvalue weighted by atomic mass is 79.9. The molecule has 0 unspecified atom stereocenters. The Morgan fingerprint density at radius 2 is 1.88 bits per heavy atom. The first-order valence-corrected chi connectivity index (χ1v) is 11.5. The maximum Gasteiger partial charge on any atom is 0.306 e. The van der Waals surface area contributed by atoms with Crippen molar-refractivity contribution in [3.8, 4) is 11.5 Å². The zero-order valence-electron chi connectivity index (χ0n) is 19.0. The van der Waals surface area contributed by atoms with Gasteiger partial charge >= 0.3 is 5.97 Å². The Morgan fingerprint density at radius 3 is 2.52 bits per heavy atom. The van der Waals surface area contributed by atoms with E-state index in [2.05, 4.69) is 15.9 Å². The van der Waals surface area contributed by atoms with Crippen LogP contribution in [0.4, 0.5) is 10.1 Å². The number of halogens is 2. The Kier molecular flexibility index (Phi) is 11.0. The molecule has 1 saturated carbocycles. The molecule has 3 rings (SSSR count). The summed E-state index contributed by atoms with van der Waals surface area (Å²) in [7, 11) is 1.48. The highest BCUT2D eigenvalue weighted by Gasteiger charge is 2.15. The van der Waals surface area contributed by atoms with Gasteiger partial charge in [-0.2, -0.15) is 0 Å². The van der Waals surface area contributed by atoms with Gasteiger partial charge in [0, 0.05) is 12.5 Å². The number of ether oxygens (including phenoxy) is 3. The number of anilines is 1. The van der Waals surface area contributed by atoms with Crippen molar-refractivity contribution in [2.45, 2.75) is 39.0 Å². The molecule has 2 aromatic rings. The van der Waals surface area contributed by atoms with Crippen LogP contribution in [0.25, 0.3) is 0 Å². The Hall–Kier alpha value is -2.78. The highest BCUT2D eigenvalue weighted by Crippen LogP contribution is 2.28. The first kappa shape index (κ1) is 26.5. The van der Waals surface area contributed by atoms with E-state index in [0.717, 1.165) is 10.6 Å². The molecular weight excluding hydrogens is 493 g/mol. The molecule has 1 aliphatic carbocycles. The van der Waals surface area contributed by atoms with Crippen LogP contribution in [0, 0.1) is 5.82 Å². The molecule has 2 aromatic carbocycles. The molecule has 1 fully saturated rings. The van der Waals surface area contributed by atoms with Gasteiger partial charge in [-0.05, 0) is 59.1 Å². The van der Waals surface area contributed by atoms with Crippen molar-refractivity contribution in [3.05, 3.63) is 64.1 Å². The van der Waals surface area contributed by atoms with Gasteiger partial charge in [0.2, 0.25) is 0 Å². The number of nitrogens with zero attached hydrogens (tertiary/aromatic N) is 1. The fourth-order valence-corrected chi connectivity index (χ4v) is 2.86. The van der Waals surface area contributed by atoms with Gasteiger partial charge in [-0.1, -0.05) is 31.4 Å². The van der Waals surface area contributed by atoms with Crippen LogP contribution < -0.4 is 26.1 Å². The summed E-state index contributed by atoms with van der Waals surface area (Å²) in [6.45, 7) is 2.15. The van der Waals surface area contributed by atoms with E-state index >= 15 is 0 Å². The molecule has 33 heavy (non-hydrogen) atoms. The molecular formula is C24H31BrFN3O4. The fraction of sp³-hybridized carbons (Fsp3) is 0.375. The monoisotopic (exact) mass is 523 g/mol. The number of methoxy groups -OCH3 is 1. The van der Waals surface area contributed by atoms with Crippen molar-refractivity contribution in [2.24, 2.45) is 11.6 Å². The van der Waals surface area contributed by atoms with E-state index in [9.17, 15) is 9.18 Å². The summed E-state index contributed by atoms with van der Waals surface area (Å²) < 4.78 is 30.1. The van der Waals surface area contributed by atoms with Crippen molar-refractivity contribution in [1.82, 2.24) is 0 Å². The lowest BCUT2D eigenvalue weighted by Crippen LogP contribution is -2.31. The van der Waals surface area contributed by atoms with E-state index in [1.54, 1.807) is 13.0 Å². The zero-order valence-corrected chi connectivity index (χ0v) is 20.6. The smallest absolute Gasteiger partial charge is 0.306 e. The molecule has 0 saturated heterocycles. The topological polar surface area (TPSA) is 100 Å². The third-order valence-electron chi connectivity index (χ3n) is 4.46. The lowest BCUT2D eigenvalue weighted by atomic mass is 10.1. The summed E-state index contributed by atoms with van der Waals surface area (Å²) in [4.78, 5) is 11.5. The average molecular weight is 524 g/mol. The standard InChI is InChI=1S/C21H25BrFN3O4.C3H6/c1-3-29-20(27)10-7-14-5-4-6-16(11-14)30-13-18(24)21(22)26(25)19-12-15(28-2)8-9-17(19)23;1-2-3-1/h4-6,8-9,11-12H,3,7,10,13,24-25H2,1-2H3;1-3H2/b21-18-;. The van der Waals surface area contributed by atoms with Gasteiger partial charge in [0.25, 0.3) is 0 Å². The van der Waals surface area contributed by atoms with Crippen molar-refractivity contribution in [3.63, 3.8) is 0 Å². The number of rotatable bonds is 10. The Balaban J connectivity index is 0.00000118. The van der Waals surface area contributed by atoms with E-state index in [0.29, 0.717) is 30.9 Å². The van der Waals surface area contributed by atoms with Crippen LogP contribution in [0.3, 0.4) is 0 Å². The summed E-state index contributed by atoms with van der Waals surface area (Å²) in [5, 5.41) is 1.08. The minimum Gasteiger partial charge on any atom is -0.497 e. The normalized spacial score (nSPS) is 12.6. The number of hydrogen-bond donors (Lipinski definition) is 2. The van der Waals surface area contributed by atoms with Gasteiger partial charge in [-0.3, -0.25) is 9.80 Å². The molecule has 7 nitrogen and oxygen atoms in total. The Labute approximate surface area is 202 Å². The number of esters is 1. The summed E-state index contributed by atoms with van der Waals surface area (Å²) >= 11 is 3.29. The van der Waals surface area contributed by atoms with E-state index in [1.165, 1.54) is 44.6 Å². The summed E-state index contributed by atoms with van der Waals surface area (Å²) in [6, 6.07) is 11.5. The summed E-state index contributed by atoms with van der Waals surface area (Å²) in [5.41, 5.74) is 7.35. The first-order valence-electron chi connectivity index (χ1n) is 10.8. The van der Waals surface area contributed by atoms with Gasteiger partial charge in [-0.15, -0.1) is 0 Å². The lowest BCUT2D eigenvalue weighted by molar-refractivity contribution is -0.143. The van der Waals surface area contributed by atoms with Gasteiger partial charge < -0.3 is 19.9 Å². The number of hydrogen-bond acceptors (Lipinski definition) is 7. The van der Waals surface area contributed by atoms with E-state index in [-0.39, 0.29) is 28.6 Å². The molecule has 4 N–H and O–H groups in total. The SMILES string of the molecule is C1CC1.CCOC(=O)CCc1cccc(OC/C(N)=C(\Br)N(N)c2cc(OC)ccc2F)c1. The van der Waals surface area contributed by atoms with E-state index in [4.69, 9.17) is 25.8 Å². The van der Waals surface area contributed by atoms with Crippen LogP contribution >= 0.6 is 15.9 Å². The number of hydrazine groups is 1. The van der Waals surface area contributed by atoms with Gasteiger partial charge in [-0.25, -0.2) is 10.2 Å². The molecule has 1 aliphatic rings. The van der Waals surface area contributed by atoms with Gasteiger partial charge in [0.15, 0.2) is 0 Å². The van der Waals surface area contributed by atoms with Crippen molar-refractivity contribution in [1.29, 1.82) is 0 Å². The van der Waals surface area contributed by atoms with Crippen LogP contribution in [0.2, 0.25) is 0 Å². The van der Waals surface area contributed by atoms with Crippen LogP contribution in [0.5, 0.6) is 11.5 Å². The Morgan fingerprint density at radius 1 is 1.15 bits per heavy atom. The third-order valence-corrected chi connectivity index (χ3v) is 5.35. The Bertz CT molecular complexity index is 950. The molecule has 0 aliphatic heterocycles. The average Bonchev–Trinajstić information content (AvgIpc) is 3.71. The molecule has 0 heterocycles. The minimum absolute atomic E-state index is 0.0151. The lowest BCUT2D eigenvalue weighted by Gasteiger charge is -2.21. The van der Waals surface area contributed by atoms with Crippen molar-refractivity contribution < 1.29 is 23.4 Å². The maximum atomic E-state index is 14.1. The molecule has 0 amide bonds.